The van der Waals surface area contributed by atoms with E-state index in [2.05, 4.69) is 9.72 Å². The third-order valence-corrected chi connectivity index (χ3v) is 2.75. The fraction of sp³-hybridized carbons (Fsp3) is 0.154. The van der Waals surface area contributed by atoms with Crippen LogP contribution in [-0.2, 0) is 11.3 Å². The smallest absolute Gasteiger partial charge is 0.337 e. The van der Waals surface area contributed by atoms with Crippen LogP contribution in [0.3, 0.4) is 0 Å². The molecule has 0 bridgehead atoms. The summed E-state index contributed by atoms with van der Waals surface area (Å²) in [7, 11) is 1.32. The van der Waals surface area contributed by atoms with Crippen molar-refractivity contribution in [2.24, 2.45) is 0 Å². The second kappa shape index (κ2) is 5.67. The number of carbonyl (C=O) groups excluding carboxylic acids is 1. The number of ether oxygens (including phenoxy) is 1. The van der Waals surface area contributed by atoms with Crippen LogP contribution < -0.4 is 5.56 Å². The van der Waals surface area contributed by atoms with Gasteiger partial charge in [-0.1, -0.05) is 23.7 Å². The zero-order valence-electron chi connectivity index (χ0n) is 10.2. The molecule has 0 unspecified atom stereocenters. The van der Waals surface area contributed by atoms with Crippen molar-refractivity contribution in [3.05, 3.63) is 63.3 Å². The maximum atomic E-state index is 11.7. The predicted molar refractivity (Wildman–Crippen MR) is 70.4 cm³/mol. The van der Waals surface area contributed by atoms with Crippen LogP contribution in [0.15, 0.2) is 41.5 Å². The maximum absolute atomic E-state index is 11.7. The molecule has 98 valence electrons. The van der Waals surface area contributed by atoms with E-state index in [1.807, 2.05) is 6.07 Å². The molecule has 0 saturated heterocycles. The van der Waals surface area contributed by atoms with Crippen molar-refractivity contribution in [1.29, 1.82) is 0 Å². The summed E-state index contributed by atoms with van der Waals surface area (Å²) in [5.74, 6) is -0.413. The highest BCUT2D eigenvalue weighted by Gasteiger charge is 2.06. The van der Waals surface area contributed by atoms with E-state index < -0.39 is 5.97 Å². The number of esters is 1. The summed E-state index contributed by atoms with van der Waals surface area (Å²) in [5.41, 5.74) is 0.993. The summed E-state index contributed by atoms with van der Waals surface area (Å²) in [5, 5.41) is 0.157. The van der Waals surface area contributed by atoms with Gasteiger partial charge in [-0.2, -0.15) is 0 Å². The Balaban J connectivity index is 2.28. The number of halogens is 1. The Morgan fingerprint density at radius 3 is 2.89 bits per heavy atom. The van der Waals surface area contributed by atoms with Gasteiger partial charge < -0.3 is 4.74 Å². The molecular weight excluding hydrogens is 268 g/mol. The molecule has 0 N–H and O–H groups in total. The van der Waals surface area contributed by atoms with Gasteiger partial charge in [0.15, 0.2) is 0 Å². The fourth-order valence-electron chi connectivity index (χ4n) is 1.63. The minimum absolute atomic E-state index is 0.157. The number of rotatable bonds is 3. The van der Waals surface area contributed by atoms with Crippen molar-refractivity contribution in [3.8, 4) is 0 Å². The molecule has 1 heterocycles. The zero-order chi connectivity index (χ0) is 13.8. The first-order valence-electron chi connectivity index (χ1n) is 5.49. The van der Waals surface area contributed by atoms with Crippen molar-refractivity contribution in [1.82, 2.24) is 9.55 Å². The molecule has 0 radical (unpaired) electrons. The van der Waals surface area contributed by atoms with Crippen LogP contribution in [0.4, 0.5) is 0 Å². The van der Waals surface area contributed by atoms with Crippen LogP contribution in [0, 0.1) is 0 Å². The lowest BCUT2D eigenvalue weighted by atomic mass is 10.1. The largest absolute Gasteiger partial charge is 0.465 e. The molecule has 0 aliphatic rings. The Morgan fingerprint density at radius 1 is 1.42 bits per heavy atom. The van der Waals surface area contributed by atoms with E-state index in [9.17, 15) is 9.59 Å². The average Bonchev–Trinajstić information content (AvgIpc) is 2.41. The minimum atomic E-state index is -0.413. The van der Waals surface area contributed by atoms with Crippen LogP contribution in [0.5, 0.6) is 0 Å². The Morgan fingerprint density at radius 2 is 2.21 bits per heavy atom. The Labute approximate surface area is 114 Å². The molecule has 5 nitrogen and oxygen atoms in total. The van der Waals surface area contributed by atoms with Gasteiger partial charge in [-0.3, -0.25) is 9.36 Å². The average molecular weight is 279 g/mol. The summed E-state index contributed by atoms with van der Waals surface area (Å²) in [6.45, 7) is 0.313. The van der Waals surface area contributed by atoms with Gasteiger partial charge >= 0.3 is 5.97 Å². The van der Waals surface area contributed by atoms with Gasteiger partial charge in [-0.25, -0.2) is 9.78 Å². The quantitative estimate of drug-likeness (QED) is 0.634. The maximum Gasteiger partial charge on any atom is 0.337 e. The molecule has 2 aromatic rings. The molecule has 0 amide bonds. The van der Waals surface area contributed by atoms with Crippen molar-refractivity contribution < 1.29 is 9.53 Å². The second-order valence-corrected chi connectivity index (χ2v) is 4.26. The van der Waals surface area contributed by atoms with Crippen molar-refractivity contribution in [2.45, 2.75) is 6.54 Å². The molecule has 19 heavy (non-hydrogen) atoms. The van der Waals surface area contributed by atoms with Gasteiger partial charge in [-0.15, -0.1) is 0 Å². The van der Waals surface area contributed by atoms with Crippen molar-refractivity contribution >= 4 is 17.6 Å². The molecule has 0 fully saturated rings. The Bertz CT molecular complexity index is 667. The number of nitrogens with zero attached hydrogens (tertiary/aromatic N) is 2. The normalized spacial score (nSPS) is 10.2. The monoisotopic (exact) mass is 278 g/mol. The molecular formula is C13H11ClN2O3. The summed E-state index contributed by atoms with van der Waals surface area (Å²) in [4.78, 5) is 26.9. The molecule has 2 rings (SSSR count). The first-order chi connectivity index (χ1) is 9.10. The summed E-state index contributed by atoms with van der Waals surface area (Å²) >= 11 is 5.62. The first kappa shape index (κ1) is 13.3. The highest BCUT2D eigenvalue weighted by atomic mass is 35.5. The first-order valence-corrected chi connectivity index (χ1v) is 5.87. The van der Waals surface area contributed by atoms with E-state index in [4.69, 9.17) is 11.6 Å². The van der Waals surface area contributed by atoms with Gasteiger partial charge in [0.25, 0.3) is 5.56 Å². The van der Waals surface area contributed by atoms with E-state index in [-0.39, 0.29) is 10.7 Å². The van der Waals surface area contributed by atoms with Gasteiger partial charge in [0, 0.05) is 6.07 Å². The van der Waals surface area contributed by atoms with Crippen molar-refractivity contribution in [2.75, 3.05) is 7.11 Å². The molecule has 0 atom stereocenters. The summed E-state index contributed by atoms with van der Waals surface area (Å²) in [6, 6.07) is 8.11. The highest BCUT2D eigenvalue weighted by Crippen LogP contribution is 2.08. The lowest BCUT2D eigenvalue weighted by molar-refractivity contribution is 0.0600. The number of carbonyl (C=O) groups is 1. The van der Waals surface area contributed by atoms with Crippen LogP contribution >= 0.6 is 11.6 Å². The van der Waals surface area contributed by atoms with Crippen LogP contribution in [-0.4, -0.2) is 22.6 Å². The zero-order valence-corrected chi connectivity index (χ0v) is 10.9. The van der Waals surface area contributed by atoms with Crippen molar-refractivity contribution in [3.63, 3.8) is 0 Å². The Kier molecular flexibility index (Phi) is 3.97. The molecule has 0 aliphatic heterocycles. The SMILES string of the molecule is COC(=O)c1cccc(Cn2cnc(Cl)cc2=O)c1. The summed E-state index contributed by atoms with van der Waals surface area (Å²) < 4.78 is 6.05. The lowest BCUT2D eigenvalue weighted by Crippen LogP contribution is -2.20. The number of hydrogen-bond acceptors (Lipinski definition) is 4. The topological polar surface area (TPSA) is 61.2 Å². The molecule has 0 aliphatic carbocycles. The van der Waals surface area contributed by atoms with Crippen LogP contribution in [0.2, 0.25) is 5.15 Å². The Hall–Kier alpha value is -2.14. The van der Waals surface area contributed by atoms with E-state index in [1.54, 1.807) is 18.2 Å². The standard InChI is InChI=1S/C13H11ClN2O3/c1-19-13(18)10-4-2-3-9(5-10)7-16-8-15-11(14)6-12(16)17/h2-6,8H,7H2,1H3. The number of benzene rings is 1. The lowest BCUT2D eigenvalue weighted by Gasteiger charge is -2.06. The number of methoxy groups -OCH3 is 1. The molecule has 0 saturated carbocycles. The predicted octanol–water partition coefficient (Wildman–Crippen LogP) is 1.73. The van der Waals surface area contributed by atoms with Gasteiger partial charge in [-0.05, 0) is 17.7 Å². The fourth-order valence-corrected chi connectivity index (χ4v) is 1.77. The third kappa shape index (κ3) is 3.20. The van der Waals surface area contributed by atoms with E-state index >= 15 is 0 Å². The third-order valence-electron chi connectivity index (χ3n) is 2.55. The molecule has 6 heteroatoms. The van der Waals surface area contributed by atoms with Crippen LogP contribution in [0.1, 0.15) is 15.9 Å². The molecule has 0 spiro atoms. The second-order valence-electron chi connectivity index (χ2n) is 3.87. The van der Waals surface area contributed by atoms with E-state index in [1.165, 1.54) is 24.1 Å². The number of hydrogen-bond donors (Lipinski definition) is 0. The highest BCUT2D eigenvalue weighted by molar-refractivity contribution is 6.29. The molecule has 1 aromatic heterocycles. The van der Waals surface area contributed by atoms with Gasteiger partial charge in [0.05, 0.1) is 25.5 Å². The van der Waals surface area contributed by atoms with Crippen LogP contribution in [0.25, 0.3) is 0 Å². The number of aromatic nitrogens is 2. The minimum Gasteiger partial charge on any atom is -0.465 e. The summed E-state index contributed by atoms with van der Waals surface area (Å²) in [6.07, 6.45) is 1.37. The van der Waals surface area contributed by atoms with Gasteiger partial charge in [0.2, 0.25) is 0 Å². The van der Waals surface area contributed by atoms with Gasteiger partial charge in [0.1, 0.15) is 5.15 Å². The van der Waals surface area contributed by atoms with E-state index in [0.29, 0.717) is 12.1 Å². The molecule has 1 aromatic carbocycles. The van der Waals surface area contributed by atoms with E-state index in [0.717, 1.165) is 5.56 Å².